The lowest BCUT2D eigenvalue weighted by Crippen LogP contribution is -2.61. The van der Waals surface area contributed by atoms with Crippen LogP contribution in [0.1, 0.15) is 161 Å². The molecule has 0 bridgehead atoms. The third kappa shape index (κ3) is 7.28. The largest absolute Gasteiger partial charge is 0.481 e. The van der Waals surface area contributed by atoms with E-state index in [1.807, 2.05) is 0 Å². The number of esters is 2. The Labute approximate surface area is 360 Å². The molecule has 6 rings (SSSR count). The van der Waals surface area contributed by atoms with Gasteiger partial charge in [-0.1, -0.05) is 76.2 Å². The van der Waals surface area contributed by atoms with E-state index in [1.165, 1.54) is 19.8 Å². The summed E-state index contributed by atoms with van der Waals surface area (Å²) in [5, 5.41) is 9.20. The first-order valence-corrected chi connectivity index (χ1v) is 29.2. The fourth-order valence-corrected chi connectivity index (χ4v) is 22.1. The second-order valence-corrected chi connectivity index (χ2v) is 31.7. The average Bonchev–Trinajstić information content (AvgIpc) is 3.81. The third-order valence-electron chi connectivity index (χ3n) is 19.6. The van der Waals surface area contributed by atoms with E-state index >= 15 is 0 Å². The average molecular weight is 861 g/mol. The highest BCUT2D eigenvalue weighted by Gasteiger charge is 2.85. The maximum Gasteiger partial charge on any atom is 0.306 e. The van der Waals surface area contributed by atoms with Gasteiger partial charge in [-0.15, -0.1) is 0 Å². The Morgan fingerprint density at radius 1 is 0.814 bits per heavy atom. The molecule has 0 aromatic rings. The van der Waals surface area contributed by atoms with Crippen LogP contribution in [0.15, 0.2) is 0 Å². The van der Waals surface area contributed by atoms with E-state index in [9.17, 15) is 19.5 Å². The Morgan fingerprint density at radius 2 is 1.39 bits per heavy atom. The van der Waals surface area contributed by atoms with Crippen LogP contribution in [0.3, 0.4) is 0 Å². The van der Waals surface area contributed by atoms with Gasteiger partial charge in [0.2, 0.25) is 0 Å². The van der Waals surface area contributed by atoms with Gasteiger partial charge in [0, 0.05) is 17.8 Å². The van der Waals surface area contributed by atoms with Crippen molar-refractivity contribution >= 4 is 34.5 Å². The summed E-state index contributed by atoms with van der Waals surface area (Å²) in [6, 6.07) is 6.31. The smallest absolute Gasteiger partial charge is 0.306 e. The molecule has 59 heavy (non-hydrogen) atoms. The molecule has 0 aromatic carbocycles. The van der Waals surface area contributed by atoms with Gasteiger partial charge in [0.15, 0.2) is 22.7 Å². The molecule has 1 saturated heterocycles. The molecule has 11 heteroatoms. The van der Waals surface area contributed by atoms with Gasteiger partial charge < -0.3 is 28.2 Å². The minimum Gasteiger partial charge on any atom is -0.481 e. The Hall–Kier alpha value is -1.28. The summed E-state index contributed by atoms with van der Waals surface area (Å²) in [4.78, 5) is 37.1. The van der Waals surface area contributed by atoms with Crippen LogP contribution in [0.25, 0.3) is 0 Å². The Balaban J connectivity index is 1.38. The van der Waals surface area contributed by atoms with Gasteiger partial charge in [-0.05, 0) is 141 Å². The summed E-state index contributed by atoms with van der Waals surface area (Å²) in [5.74, 6) is -0.0237. The summed E-state index contributed by atoms with van der Waals surface area (Å²) in [7, 11) is -4.20. The fraction of sp³-hybridized carbons (Fsp3) is 0.938. The third-order valence-corrected chi connectivity index (χ3v) is 29.0. The zero-order valence-electron chi connectivity index (χ0n) is 39.7. The van der Waals surface area contributed by atoms with Gasteiger partial charge in [0.25, 0.3) is 0 Å². The summed E-state index contributed by atoms with van der Waals surface area (Å²) in [5.41, 5.74) is -0.569. The number of ether oxygens (including phenoxy) is 3. The molecule has 6 aliphatic rings. The predicted octanol–water partition coefficient (Wildman–Crippen LogP) is 11.3. The molecular weight excluding hydrogens is 777 g/mol. The van der Waals surface area contributed by atoms with E-state index in [2.05, 4.69) is 90.0 Å². The lowest BCUT2D eigenvalue weighted by Gasteiger charge is -2.64. The van der Waals surface area contributed by atoms with Gasteiger partial charge in [-0.25, -0.2) is 0 Å². The van der Waals surface area contributed by atoms with Crippen molar-refractivity contribution in [2.75, 3.05) is 0 Å². The zero-order valence-corrected chi connectivity index (χ0v) is 41.7. The number of carbonyl (C=O) groups excluding carboxylic acids is 2. The molecule has 5 aliphatic carbocycles. The van der Waals surface area contributed by atoms with Crippen LogP contribution in [0.4, 0.5) is 0 Å². The number of hydrogen-bond donors (Lipinski definition) is 1. The van der Waals surface area contributed by atoms with E-state index in [-0.39, 0.29) is 76.3 Å². The molecule has 1 heterocycles. The first-order valence-electron chi connectivity index (χ1n) is 24.1. The van der Waals surface area contributed by atoms with Crippen molar-refractivity contribution in [3.8, 4) is 0 Å². The zero-order chi connectivity index (χ0) is 43.8. The molecule has 1 N–H and O–H groups in total. The molecular formula is C48H84O9Si2. The number of fused-ring (bicyclic) bond motifs is 4. The van der Waals surface area contributed by atoms with Crippen LogP contribution in [0.5, 0.6) is 0 Å². The van der Waals surface area contributed by atoms with Crippen LogP contribution in [0.2, 0.25) is 36.3 Å². The summed E-state index contributed by atoms with van der Waals surface area (Å²) in [6.45, 7) is 32.0. The van der Waals surface area contributed by atoms with Crippen molar-refractivity contribution in [2.24, 2.45) is 50.7 Å². The van der Waals surface area contributed by atoms with Crippen LogP contribution < -0.4 is 0 Å². The Bertz CT molecular complexity index is 1560. The van der Waals surface area contributed by atoms with Crippen molar-refractivity contribution in [1.82, 2.24) is 0 Å². The van der Waals surface area contributed by atoms with E-state index in [4.69, 9.17) is 23.1 Å². The number of hydrogen-bond acceptors (Lipinski definition) is 8. The Morgan fingerprint density at radius 3 is 1.95 bits per heavy atom. The van der Waals surface area contributed by atoms with Crippen molar-refractivity contribution in [1.29, 1.82) is 0 Å². The van der Waals surface area contributed by atoms with Crippen LogP contribution in [-0.2, 0) is 37.4 Å². The first-order chi connectivity index (χ1) is 27.5. The standard InChI is InChI=1S/C48H84O9Si2/c1-15-58(16-2,17-3)56-42-40-39(31(7)29-33(54-40)41(53-32(8)49)44(11,12)57-59(18-4,19-5)20-6)45(13)27-28-48-30-47(48)26-25-36(55-38(52)24-23-37(50)51)43(9,10)34(47)21-22-35(48)46(42,45)14/h31,33-36,39-42H,15-30H2,1-14H3,(H,50,51)/t31-,33-,34-,35+,36+,39+,40+,41+,42+,45-,46-,47?,48+/m1/s1. The van der Waals surface area contributed by atoms with Gasteiger partial charge in [-0.2, -0.15) is 0 Å². The van der Waals surface area contributed by atoms with Crippen LogP contribution in [0, 0.1) is 50.7 Å². The maximum atomic E-state index is 13.0. The number of aliphatic carboxylic acids is 1. The fourth-order valence-electron chi connectivity index (χ4n) is 16.0. The molecule has 0 radical (unpaired) electrons. The van der Waals surface area contributed by atoms with E-state index in [1.54, 1.807) is 0 Å². The lowest BCUT2D eigenvalue weighted by molar-refractivity contribution is -0.212. The van der Waals surface area contributed by atoms with Crippen molar-refractivity contribution in [3.05, 3.63) is 0 Å². The molecule has 5 saturated carbocycles. The molecule has 9 nitrogen and oxygen atoms in total. The van der Waals surface area contributed by atoms with Crippen LogP contribution in [-0.4, -0.2) is 75.8 Å². The molecule has 338 valence electrons. The van der Waals surface area contributed by atoms with Crippen molar-refractivity contribution in [2.45, 2.75) is 234 Å². The van der Waals surface area contributed by atoms with E-state index < -0.39 is 34.3 Å². The summed E-state index contributed by atoms with van der Waals surface area (Å²) < 4.78 is 35.5. The van der Waals surface area contributed by atoms with Gasteiger partial charge in [-0.3, -0.25) is 14.4 Å². The molecule has 13 atom stereocenters. The molecule has 1 aliphatic heterocycles. The highest BCUT2D eigenvalue weighted by molar-refractivity contribution is 6.74. The van der Waals surface area contributed by atoms with E-state index in [0.29, 0.717) is 23.7 Å². The monoisotopic (exact) mass is 861 g/mol. The highest BCUT2D eigenvalue weighted by Crippen LogP contribution is 2.89. The molecule has 6 fully saturated rings. The van der Waals surface area contributed by atoms with Gasteiger partial charge >= 0.3 is 17.9 Å². The quantitative estimate of drug-likeness (QED) is 0.113. The summed E-state index contributed by atoms with van der Waals surface area (Å²) >= 11 is 0. The number of carbonyl (C=O) groups is 3. The second-order valence-electron chi connectivity index (χ2n) is 22.2. The SMILES string of the molecule is CC[Si](CC)(CC)O[C@H]1[C@H]2O[C@@H]([C@H](OC(C)=O)C(C)(C)O[Si](CC)(CC)CC)C[C@@H](C)[C@@H]2[C@@]2(C)CC[C@@]34CC35CC[C@H](OC(=O)CCC(=O)O)C(C)(C)[C@H]5CC[C@H]4[C@]12C. The molecule has 2 spiro atoms. The summed E-state index contributed by atoms with van der Waals surface area (Å²) in [6.07, 6.45) is 7.12. The van der Waals surface area contributed by atoms with Gasteiger partial charge in [0.05, 0.1) is 36.8 Å². The Kier molecular flexibility index (Phi) is 13.1. The highest BCUT2D eigenvalue weighted by atomic mass is 28.4. The number of carboxylic acids is 1. The second kappa shape index (κ2) is 16.4. The minimum absolute atomic E-state index is 0.0126. The van der Waals surface area contributed by atoms with E-state index in [0.717, 1.165) is 74.8 Å². The van der Waals surface area contributed by atoms with Crippen LogP contribution >= 0.6 is 0 Å². The topological polar surface area (TPSA) is 118 Å². The molecule has 0 amide bonds. The lowest BCUT2D eigenvalue weighted by atomic mass is 9.41. The predicted molar refractivity (Wildman–Crippen MR) is 237 cm³/mol. The number of rotatable bonds is 17. The number of carboxylic acid groups (broad SMARTS) is 1. The normalized spacial score (nSPS) is 40.4. The van der Waals surface area contributed by atoms with Crippen molar-refractivity contribution < 1.29 is 42.6 Å². The van der Waals surface area contributed by atoms with Crippen molar-refractivity contribution in [3.63, 3.8) is 0 Å². The molecule has 0 aromatic heterocycles. The maximum absolute atomic E-state index is 13.0. The minimum atomic E-state index is -2.13. The molecule has 1 unspecified atom stereocenters. The first kappa shape index (κ1) is 47.2. The van der Waals surface area contributed by atoms with Gasteiger partial charge in [0.1, 0.15) is 6.10 Å².